The van der Waals surface area contributed by atoms with Crippen LogP contribution in [0.4, 0.5) is 11.4 Å². The van der Waals surface area contributed by atoms with Crippen molar-refractivity contribution >= 4 is 23.2 Å². The fourth-order valence-corrected chi connectivity index (χ4v) is 3.34. The molecule has 0 bridgehead atoms. The summed E-state index contributed by atoms with van der Waals surface area (Å²) < 4.78 is 7.57. The zero-order chi connectivity index (χ0) is 19.2. The summed E-state index contributed by atoms with van der Waals surface area (Å²) in [6.07, 6.45) is 8.11. The Bertz CT molecular complexity index is 802. The van der Waals surface area contributed by atoms with E-state index in [0.717, 1.165) is 18.4 Å². The van der Waals surface area contributed by atoms with E-state index in [1.807, 2.05) is 18.2 Å². The maximum absolute atomic E-state index is 12.1. The van der Waals surface area contributed by atoms with Gasteiger partial charge in [0.2, 0.25) is 0 Å². The van der Waals surface area contributed by atoms with Crippen LogP contribution < -0.4 is 10.6 Å². The van der Waals surface area contributed by atoms with Crippen molar-refractivity contribution in [2.75, 3.05) is 10.6 Å². The van der Waals surface area contributed by atoms with Gasteiger partial charge in [-0.15, -0.1) is 0 Å². The Kier molecular flexibility index (Phi) is 6.24. The highest BCUT2D eigenvalue weighted by atomic mass is 16.5. The molecule has 2 unspecified atom stereocenters. The number of carbonyl (C=O) groups is 2. The maximum atomic E-state index is 12.1. The van der Waals surface area contributed by atoms with E-state index in [0.29, 0.717) is 30.0 Å². The summed E-state index contributed by atoms with van der Waals surface area (Å²) >= 11 is 0. The number of carbonyl (C=O) groups excluding carboxylic acids is 2. The van der Waals surface area contributed by atoms with Crippen LogP contribution in [0.25, 0.3) is 0 Å². The number of aromatic nitrogens is 2. The van der Waals surface area contributed by atoms with Crippen LogP contribution >= 0.6 is 0 Å². The molecule has 2 N–H and O–H groups in total. The van der Waals surface area contributed by atoms with Crippen LogP contribution in [-0.4, -0.2) is 27.7 Å². The summed E-state index contributed by atoms with van der Waals surface area (Å²) in [5, 5.41) is 9.08. The van der Waals surface area contributed by atoms with Crippen LogP contribution in [0.2, 0.25) is 0 Å². The highest BCUT2D eigenvalue weighted by Crippen LogP contribution is 2.26. The number of nitrogens with zero attached hydrogens (tertiary/aromatic N) is 2. The lowest BCUT2D eigenvalue weighted by Crippen LogP contribution is -2.29. The minimum Gasteiger partial charge on any atom is -0.374 e. The largest absolute Gasteiger partial charge is 0.374 e. The second kappa shape index (κ2) is 8.81. The van der Waals surface area contributed by atoms with E-state index < -0.39 is 11.8 Å². The first kappa shape index (κ1) is 19.1. The molecular weight excluding hydrogens is 344 g/mol. The number of hydrogen-bond donors (Lipinski definition) is 2. The third kappa shape index (κ3) is 5.65. The smallest absolute Gasteiger partial charge is 0.314 e. The van der Waals surface area contributed by atoms with Crippen molar-refractivity contribution < 1.29 is 14.3 Å². The van der Waals surface area contributed by atoms with Crippen LogP contribution in [-0.2, 0) is 28.0 Å². The molecule has 7 nitrogen and oxygen atoms in total. The molecule has 1 saturated carbocycles. The van der Waals surface area contributed by atoms with Crippen LogP contribution in [0.5, 0.6) is 0 Å². The number of aryl methyl sites for hydroxylation is 1. The number of hydrogen-bond acceptors (Lipinski definition) is 4. The van der Waals surface area contributed by atoms with Crippen LogP contribution in [0.1, 0.15) is 38.2 Å². The molecule has 1 aliphatic rings. The van der Waals surface area contributed by atoms with E-state index in [4.69, 9.17) is 4.74 Å². The van der Waals surface area contributed by atoms with E-state index in [9.17, 15) is 9.59 Å². The average molecular weight is 370 g/mol. The highest BCUT2D eigenvalue weighted by molar-refractivity contribution is 6.43. The second-order valence-corrected chi connectivity index (χ2v) is 7.22. The number of anilines is 2. The lowest BCUT2D eigenvalue weighted by Gasteiger charge is -2.26. The molecule has 1 aliphatic carbocycles. The van der Waals surface area contributed by atoms with Gasteiger partial charge in [-0.1, -0.05) is 31.9 Å². The quantitative estimate of drug-likeness (QED) is 0.792. The normalized spacial score (nSPS) is 19.5. The molecule has 2 aromatic rings. The van der Waals surface area contributed by atoms with Gasteiger partial charge in [-0.05, 0) is 36.5 Å². The molecule has 0 radical (unpaired) electrons. The molecule has 144 valence electrons. The Morgan fingerprint density at radius 2 is 2.00 bits per heavy atom. The van der Waals surface area contributed by atoms with Gasteiger partial charge in [0.15, 0.2) is 0 Å². The van der Waals surface area contributed by atoms with Crippen molar-refractivity contribution in [3.8, 4) is 0 Å². The number of benzene rings is 1. The SMILES string of the molecule is CC1CCCC(OCc2cccc(NC(=O)C(=O)Nc3cnn(C)c3)c2)C1. The predicted octanol–water partition coefficient (Wildman–Crippen LogP) is 3.09. The minimum atomic E-state index is -0.735. The van der Waals surface area contributed by atoms with E-state index in [1.165, 1.54) is 19.0 Å². The minimum absolute atomic E-state index is 0.303. The third-order valence-corrected chi connectivity index (χ3v) is 4.73. The van der Waals surface area contributed by atoms with E-state index in [-0.39, 0.29) is 0 Å². The van der Waals surface area contributed by atoms with Crippen molar-refractivity contribution in [3.05, 3.63) is 42.2 Å². The molecule has 2 amide bonds. The number of ether oxygens (including phenoxy) is 1. The Hall–Kier alpha value is -2.67. The molecule has 1 heterocycles. The molecule has 7 heteroatoms. The van der Waals surface area contributed by atoms with Gasteiger partial charge in [0, 0.05) is 18.9 Å². The highest BCUT2D eigenvalue weighted by Gasteiger charge is 2.19. The van der Waals surface area contributed by atoms with Gasteiger partial charge in [-0.25, -0.2) is 0 Å². The summed E-state index contributed by atoms with van der Waals surface area (Å²) in [7, 11) is 1.73. The Morgan fingerprint density at radius 1 is 1.22 bits per heavy atom. The summed E-state index contributed by atoms with van der Waals surface area (Å²) in [5.41, 5.74) is 2.01. The second-order valence-electron chi connectivity index (χ2n) is 7.22. The van der Waals surface area contributed by atoms with Gasteiger partial charge in [0.25, 0.3) is 0 Å². The predicted molar refractivity (Wildman–Crippen MR) is 103 cm³/mol. The fraction of sp³-hybridized carbons (Fsp3) is 0.450. The van der Waals surface area contributed by atoms with Crippen LogP contribution in [0.3, 0.4) is 0 Å². The number of nitrogens with one attached hydrogen (secondary N) is 2. The lowest BCUT2D eigenvalue weighted by atomic mass is 9.89. The van der Waals surface area contributed by atoms with Crippen molar-refractivity contribution in [1.29, 1.82) is 0 Å². The first-order valence-corrected chi connectivity index (χ1v) is 9.31. The van der Waals surface area contributed by atoms with Gasteiger partial charge in [-0.3, -0.25) is 14.3 Å². The third-order valence-electron chi connectivity index (χ3n) is 4.73. The molecule has 1 fully saturated rings. The van der Waals surface area contributed by atoms with E-state index in [1.54, 1.807) is 24.0 Å². The molecule has 2 atom stereocenters. The maximum Gasteiger partial charge on any atom is 0.314 e. The zero-order valence-electron chi connectivity index (χ0n) is 15.8. The lowest BCUT2D eigenvalue weighted by molar-refractivity contribution is -0.133. The van der Waals surface area contributed by atoms with E-state index in [2.05, 4.69) is 22.7 Å². The zero-order valence-corrected chi connectivity index (χ0v) is 15.8. The Balaban J connectivity index is 1.52. The molecule has 0 saturated heterocycles. The molecule has 1 aromatic carbocycles. The van der Waals surface area contributed by atoms with E-state index >= 15 is 0 Å². The van der Waals surface area contributed by atoms with Gasteiger partial charge >= 0.3 is 11.8 Å². The molecular formula is C20H26N4O3. The van der Waals surface area contributed by atoms with Crippen molar-refractivity contribution in [3.63, 3.8) is 0 Å². The Labute approximate surface area is 159 Å². The first-order valence-electron chi connectivity index (χ1n) is 9.31. The standard InChI is InChI=1S/C20H26N4O3/c1-14-5-3-8-18(9-14)27-13-15-6-4-7-16(10-15)22-19(25)20(26)23-17-11-21-24(2)12-17/h4,6-7,10-12,14,18H,3,5,8-9,13H2,1-2H3,(H,22,25)(H,23,26). The summed E-state index contributed by atoms with van der Waals surface area (Å²) in [5.74, 6) is -0.744. The van der Waals surface area contributed by atoms with Crippen molar-refractivity contribution in [1.82, 2.24) is 9.78 Å². The molecule has 0 aliphatic heterocycles. The summed E-state index contributed by atoms with van der Waals surface area (Å²) in [6, 6.07) is 7.39. The fourth-order valence-electron chi connectivity index (χ4n) is 3.34. The first-order chi connectivity index (χ1) is 13.0. The molecule has 27 heavy (non-hydrogen) atoms. The molecule has 3 rings (SSSR count). The molecule has 1 aromatic heterocycles. The Morgan fingerprint density at radius 3 is 2.70 bits per heavy atom. The summed E-state index contributed by atoms with van der Waals surface area (Å²) in [4.78, 5) is 24.1. The number of rotatable bonds is 5. The average Bonchev–Trinajstić information content (AvgIpc) is 3.05. The van der Waals surface area contributed by atoms with Crippen molar-refractivity contribution in [2.24, 2.45) is 13.0 Å². The molecule has 0 spiro atoms. The van der Waals surface area contributed by atoms with Crippen molar-refractivity contribution in [2.45, 2.75) is 45.3 Å². The monoisotopic (exact) mass is 370 g/mol. The summed E-state index contributed by atoms with van der Waals surface area (Å²) in [6.45, 7) is 2.77. The number of amides is 2. The van der Waals surface area contributed by atoms with Gasteiger partial charge < -0.3 is 15.4 Å². The van der Waals surface area contributed by atoms with Crippen LogP contribution in [0, 0.1) is 5.92 Å². The van der Waals surface area contributed by atoms with Gasteiger partial charge in [0.05, 0.1) is 24.6 Å². The van der Waals surface area contributed by atoms with Crippen LogP contribution in [0.15, 0.2) is 36.7 Å². The topological polar surface area (TPSA) is 85.2 Å². The van der Waals surface area contributed by atoms with Gasteiger partial charge in [-0.2, -0.15) is 5.10 Å². The van der Waals surface area contributed by atoms with Gasteiger partial charge in [0.1, 0.15) is 0 Å².